The highest BCUT2D eigenvalue weighted by molar-refractivity contribution is 6.74. The number of hydrogen-bond donors (Lipinski definition) is 1. The second kappa shape index (κ2) is 12.4. The molecular formula is C35H50N4O5Si. The molecule has 1 saturated heterocycles. The van der Waals surface area contributed by atoms with E-state index in [0.29, 0.717) is 48.4 Å². The summed E-state index contributed by atoms with van der Waals surface area (Å²) in [6.45, 7) is 14.7. The molecule has 2 aromatic rings. The molecule has 3 amide bonds. The van der Waals surface area contributed by atoms with E-state index in [1.165, 1.54) is 5.57 Å². The van der Waals surface area contributed by atoms with Crippen LogP contribution in [0.2, 0.25) is 18.1 Å². The lowest BCUT2D eigenvalue weighted by Crippen LogP contribution is -2.51. The number of nitrogen functional groups attached to an aromatic ring is 1. The number of rotatable bonds is 9. The van der Waals surface area contributed by atoms with Gasteiger partial charge >= 0.3 is 6.03 Å². The number of carbonyl (C=O) groups excluding carboxylic acids is 2. The summed E-state index contributed by atoms with van der Waals surface area (Å²) in [5.74, 6) is 1.80. The number of likely N-dealkylation sites (N-methyl/N-ethyl adjacent to an activating group) is 1. The first-order chi connectivity index (χ1) is 21.2. The predicted octanol–water partition coefficient (Wildman–Crippen LogP) is 6.22. The first kappa shape index (κ1) is 32.9. The van der Waals surface area contributed by atoms with Crippen molar-refractivity contribution in [2.75, 3.05) is 40.1 Å². The average molecular weight is 635 g/mol. The molecule has 0 spiro atoms. The van der Waals surface area contributed by atoms with Gasteiger partial charge in [0.1, 0.15) is 6.61 Å². The van der Waals surface area contributed by atoms with Gasteiger partial charge in [-0.1, -0.05) is 51.1 Å². The zero-order valence-electron chi connectivity index (χ0n) is 28.3. The van der Waals surface area contributed by atoms with E-state index < -0.39 is 8.32 Å². The van der Waals surface area contributed by atoms with Gasteiger partial charge in [0, 0.05) is 38.6 Å². The first-order valence-electron chi connectivity index (χ1n) is 16.0. The van der Waals surface area contributed by atoms with Gasteiger partial charge in [0.25, 0.3) is 5.91 Å². The minimum absolute atomic E-state index is 0.00116. The van der Waals surface area contributed by atoms with Crippen molar-refractivity contribution >= 4 is 25.9 Å². The van der Waals surface area contributed by atoms with Crippen molar-refractivity contribution in [3.8, 4) is 11.5 Å². The summed E-state index contributed by atoms with van der Waals surface area (Å²) in [6, 6.07) is 13.2. The summed E-state index contributed by atoms with van der Waals surface area (Å²) in [4.78, 5) is 32.5. The number of piperidine rings is 1. The Morgan fingerprint density at radius 3 is 2.42 bits per heavy atom. The molecule has 2 heterocycles. The van der Waals surface area contributed by atoms with Crippen LogP contribution in [0, 0.1) is 17.8 Å². The van der Waals surface area contributed by atoms with E-state index in [-0.39, 0.29) is 40.9 Å². The van der Waals surface area contributed by atoms with Crippen LogP contribution < -0.4 is 15.2 Å². The van der Waals surface area contributed by atoms with E-state index in [9.17, 15) is 9.59 Å². The Morgan fingerprint density at radius 2 is 1.78 bits per heavy atom. The number of methoxy groups -OCH3 is 1. The quantitative estimate of drug-likeness (QED) is 0.260. The minimum atomic E-state index is -2.10. The molecule has 45 heavy (non-hydrogen) atoms. The Balaban J connectivity index is 1.43. The number of urea groups is 1. The fourth-order valence-corrected chi connectivity index (χ4v) is 7.72. The number of ether oxygens (including phenoxy) is 2. The molecule has 0 bridgehead atoms. The van der Waals surface area contributed by atoms with E-state index in [0.717, 1.165) is 12.0 Å². The fourth-order valence-electron chi connectivity index (χ4n) is 6.70. The zero-order valence-corrected chi connectivity index (χ0v) is 29.3. The van der Waals surface area contributed by atoms with Crippen LogP contribution in [0.1, 0.15) is 50.0 Å². The van der Waals surface area contributed by atoms with Crippen LogP contribution >= 0.6 is 0 Å². The SMILES string of the molecule is COc1cc(C(=O)N2CC[C@@H]3C(C4=CN(C)C(=O)N(C)C4C)C3[C@H]2CO[Si](C)(C)C(C)(C)C)c(N)cc1OCc1ccccc1. The van der Waals surface area contributed by atoms with E-state index in [1.54, 1.807) is 29.0 Å². The van der Waals surface area contributed by atoms with Gasteiger partial charge in [0.05, 0.1) is 31.4 Å². The molecule has 2 aromatic carbocycles. The highest BCUT2D eigenvalue weighted by Gasteiger charge is 2.61. The van der Waals surface area contributed by atoms with Crippen LogP contribution in [0.5, 0.6) is 11.5 Å². The van der Waals surface area contributed by atoms with Crippen molar-refractivity contribution in [3.05, 3.63) is 65.4 Å². The number of nitrogens with two attached hydrogens (primary N) is 1. The molecule has 1 saturated carbocycles. The third-order valence-electron chi connectivity index (χ3n) is 10.7. The summed E-state index contributed by atoms with van der Waals surface area (Å²) in [5, 5.41) is 0.0401. The molecule has 10 heteroatoms. The molecule has 0 aromatic heterocycles. The zero-order chi connectivity index (χ0) is 32.8. The Morgan fingerprint density at radius 1 is 1.09 bits per heavy atom. The molecule has 3 unspecified atom stereocenters. The van der Waals surface area contributed by atoms with Crippen molar-refractivity contribution in [1.29, 1.82) is 0 Å². The molecule has 244 valence electrons. The number of benzene rings is 2. The number of nitrogens with zero attached hydrogens (tertiary/aromatic N) is 3. The second-order valence-electron chi connectivity index (χ2n) is 14.4. The lowest BCUT2D eigenvalue weighted by atomic mass is 9.97. The van der Waals surface area contributed by atoms with Crippen LogP contribution in [-0.4, -0.2) is 81.4 Å². The van der Waals surface area contributed by atoms with Crippen molar-refractivity contribution in [2.45, 2.75) is 70.9 Å². The number of carbonyl (C=O) groups is 2. The van der Waals surface area contributed by atoms with Gasteiger partial charge in [-0.3, -0.25) is 4.79 Å². The molecule has 1 aliphatic carbocycles. The normalized spacial score (nSPS) is 25.1. The topological polar surface area (TPSA) is 97.6 Å². The highest BCUT2D eigenvalue weighted by atomic mass is 28.4. The number of amides is 3. The van der Waals surface area contributed by atoms with Gasteiger partial charge in [0.2, 0.25) is 0 Å². The summed E-state index contributed by atoms with van der Waals surface area (Å²) in [6.07, 6.45) is 2.91. The van der Waals surface area contributed by atoms with E-state index >= 15 is 0 Å². The number of anilines is 1. The van der Waals surface area contributed by atoms with Gasteiger partial charge in [-0.25, -0.2) is 4.79 Å². The van der Waals surface area contributed by atoms with E-state index in [2.05, 4.69) is 40.8 Å². The molecule has 2 fully saturated rings. The number of fused-ring (bicyclic) bond motifs is 1. The third kappa shape index (κ3) is 6.31. The summed E-state index contributed by atoms with van der Waals surface area (Å²) in [7, 11) is 3.15. The van der Waals surface area contributed by atoms with Gasteiger partial charge in [-0.15, -0.1) is 0 Å². The Hall–Kier alpha value is -3.50. The molecule has 2 N–H and O–H groups in total. The Bertz CT molecular complexity index is 1460. The number of likely N-dealkylation sites (tertiary alicyclic amines) is 1. The van der Waals surface area contributed by atoms with Crippen LogP contribution in [0.4, 0.5) is 10.5 Å². The molecule has 9 nitrogen and oxygen atoms in total. The first-order valence-corrected chi connectivity index (χ1v) is 18.9. The van der Waals surface area contributed by atoms with Gasteiger partial charge in [0.15, 0.2) is 19.8 Å². The Kier molecular flexibility index (Phi) is 9.03. The van der Waals surface area contributed by atoms with E-state index in [4.69, 9.17) is 19.6 Å². The monoisotopic (exact) mass is 634 g/mol. The molecule has 5 atom stereocenters. The molecule has 2 aliphatic heterocycles. The van der Waals surface area contributed by atoms with Crippen LogP contribution in [-0.2, 0) is 11.0 Å². The maximum absolute atomic E-state index is 14.4. The number of hydrogen-bond acceptors (Lipinski definition) is 6. The maximum atomic E-state index is 14.4. The minimum Gasteiger partial charge on any atom is -0.493 e. The summed E-state index contributed by atoms with van der Waals surface area (Å²) < 4.78 is 18.5. The fraction of sp³-hybridized carbons (Fsp3) is 0.543. The van der Waals surface area contributed by atoms with Crippen molar-refractivity contribution in [3.63, 3.8) is 0 Å². The Labute approximate surface area is 269 Å². The molecular weight excluding hydrogens is 584 g/mol. The highest BCUT2D eigenvalue weighted by Crippen LogP contribution is 2.60. The van der Waals surface area contributed by atoms with Crippen molar-refractivity contribution in [1.82, 2.24) is 14.7 Å². The van der Waals surface area contributed by atoms with E-state index in [1.807, 2.05) is 55.5 Å². The lowest BCUT2D eigenvalue weighted by Gasteiger charge is -2.41. The van der Waals surface area contributed by atoms with Crippen LogP contribution in [0.25, 0.3) is 0 Å². The van der Waals surface area contributed by atoms with Crippen molar-refractivity contribution < 1.29 is 23.5 Å². The summed E-state index contributed by atoms with van der Waals surface area (Å²) >= 11 is 0. The third-order valence-corrected chi connectivity index (χ3v) is 15.2. The van der Waals surface area contributed by atoms with Crippen LogP contribution in [0.3, 0.4) is 0 Å². The standard InChI is InChI=1S/C35H50N4O5Si/c1-22-26(19-37(5)34(41)38(22)6)31-24-15-16-39(28(32(24)31)21-44-45(8,9)35(2,3)4)33(40)25-17-29(42-7)30(18-27(25)36)43-20-23-13-11-10-12-14-23/h10-14,17-19,22,24,28,31-32H,15-16,20-21,36H2,1-9H3/t22?,24-,28-,31?,32?/m1/s1. The second-order valence-corrected chi connectivity index (χ2v) is 19.2. The largest absolute Gasteiger partial charge is 0.493 e. The molecule has 5 rings (SSSR count). The molecule has 0 radical (unpaired) electrons. The van der Waals surface area contributed by atoms with Gasteiger partial charge < -0.3 is 34.3 Å². The average Bonchev–Trinajstić information content (AvgIpc) is 3.73. The van der Waals surface area contributed by atoms with Gasteiger partial charge in [-0.2, -0.15) is 0 Å². The van der Waals surface area contributed by atoms with Gasteiger partial charge in [-0.05, 0) is 66.4 Å². The van der Waals surface area contributed by atoms with Crippen molar-refractivity contribution in [2.24, 2.45) is 17.8 Å². The smallest absolute Gasteiger partial charge is 0.323 e. The predicted molar refractivity (Wildman–Crippen MR) is 180 cm³/mol. The lowest BCUT2D eigenvalue weighted by molar-refractivity contribution is 0.0482. The van der Waals surface area contributed by atoms with Crippen LogP contribution in [0.15, 0.2) is 54.2 Å². The molecule has 3 aliphatic rings. The maximum Gasteiger partial charge on any atom is 0.323 e. The summed E-state index contributed by atoms with van der Waals surface area (Å²) in [5.41, 5.74) is 9.59.